The number of likely N-dealkylation sites (N-methyl/N-ethyl adjacent to an activating group) is 1. The first-order chi connectivity index (χ1) is 15.0. The van der Waals surface area contributed by atoms with Crippen LogP contribution >= 0.6 is 0 Å². The van der Waals surface area contributed by atoms with Crippen LogP contribution in [-0.2, 0) is 11.0 Å². The van der Waals surface area contributed by atoms with Crippen molar-refractivity contribution in [1.82, 2.24) is 19.7 Å². The number of carbonyl (C=O) groups excluding carboxylic acids is 2. The number of carbonyl (C=O) groups is 2. The number of nitrogens with one attached hydrogen (secondary N) is 1. The van der Waals surface area contributed by atoms with Gasteiger partial charge in [-0.05, 0) is 45.9 Å². The quantitative estimate of drug-likeness (QED) is 0.606. The van der Waals surface area contributed by atoms with Gasteiger partial charge in [-0.2, -0.15) is 18.3 Å². The van der Waals surface area contributed by atoms with Crippen molar-refractivity contribution in [2.75, 3.05) is 18.4 Å². The molecule has 2 amide bonds. The highest BCUT2D eigenvalue weighted by Gasteiger charge is 2.33. The molecule has 0 atom stereocenters. The Hall–Kier alpha value is -3.43. The van der Waals surface area contributed by atoms with E-state index < -0.39 is 30.1 Å². The number of aryl methyl sites for hydroxylation is 1. The van der Waals surface area contributed by atoms with Gasteiger partial charge in [-0.3, -0.25) is 9.59 Å². The number of alkyl halides is 3. The fourth-order valence-corrected chi connectivity index (χ4v) is 3.36. The molecule has 0 bridgehead atoms. The summed E-state index contributed by atoms with van der Waals surface area (Å²) in [5.74, 6) is -1.16. The summed E-state index contributed by atoms with van der Waals surface area (Å²) in [6.45, 7) is 7.11. The van der Waals surface area contributed by atoms with Crippen LogP contribution < -0.4 is 5.32 Å². The standard InChI is InChI=1S/C22H24F3N5O2/c1-5-29(12-19(31)28-18-9-7-6-8-17(18)22(23,24)25)21(32)16-10-15-11-26-30(13(2)3)20(15)27-14(16)4/h6-11,13H,5,12H2,1-4H3,(H,28,31). The third-order valence-corrected chi connectivity index (χ3v) is 4.99. The van der Waals surface area contributed by atoms with E-state index in [0.29, 0.717) is 22.3 Å². The minimum Gasteiger partial charge on any atom is -0.330 e. The summed E-state index contributed by atoms with van der Waals surface area (Å²) in [6, 6.07) is 6.47. The molecular formula is C22H24F3N5O2. The maximum Gasteiger partial charge on any atom is 0.418 e. The molecule has 2 aromatic heterocycles. The minimum absolute atomic E-state index is 0.0939. The number of para-hydroxylation sites is 1. The molecule has 0 aliphatic carbocycles. The number of pyridine rings is 1. The number of halogens is 3. The van der Waals surface area contributed by atoms with Gasteiger partial charge in [0.15, 0.2) is 5.65 Å². The Morgan fingerprint density at radius 3 is 2.53 bits per heavy atom. The number of aromatic nitrogens is 3. The maximum absolute atomic E-state index is 13.2. The molecular weight excluding hydrogens is 423 g/mol. The topological polar surface area (TPSA) is 80.1 Å². The number of fused-ring (bicyclic) bond motifs is 1. The van der Waals surface area contributed by atoms with Crippen LogP contribution in [0.4, 0.5) is 18.9 Å². The molecule has 1 N–H and O–H groups in total. The molecule has 1 aromatic carbocycles. The van der Waals surface area contributed by atoms with E-state index in [1.807, 2.05) is 13.8 Å². The van der Waals surface area contributed by atoms with E-state index in [0.717, 1.165) is 6.07 Å². The number of nitrogens with zero attached hydrogens (tertiary/aromatic N) is 4. The lowest BCUT2D eigenvalue weighted by Gasteiger charge is -2.22. The van der Waals surface area contributed by atoms with Crippen LogP contribution in [0.1, 0.15) is 48.4 Å². The largest absolute Gasteiger partial charge is 0.418 e. The van der Waals surface area contributed by atoms with Gasteiger partial charge in [0.05, 0.1) is 28.7 Å². The van der Waals surface area contributed by atoms with Gasteiger partial charge in [0.1, 0.15) is 6.54 Å². The first kappa shape index (κ1) is 23.2. The van der Waals surface area contributed by atoms with Crippen molar-refractivity contribution < 1.29 is 22.8 Å². The molecule has 0 aliphatic heterocycles. The molecule has 0 spiro atoms. The van der Waals surface area contributed by atoms with Crippen molar-refractivity contribution in [3.63, 3.8) is 0 Å². The second-order valence-corrected chi connectivity index (χ2v) is 7.63. The number of rotatable bonds is 6. The Morgan fingerprint density at radius 1 is 1.22 bits per heavy atom. The van der Waals surface area contributed by atoms with Crippen molar-refractivity contribution in [1.29, 1.82) is 0 Å². The number of amides is 2. The summed E-state index contributed by atoms with van der Waals surface area (Å²) in [7, 11) is 0. The van der Waals surface area contributed by atoms with Crippen LogP contribution in [0.15, 0.2) is 36.5 Å². The van der Waals surface area contributed by atoms with E-state index in [1.165, 1.54) is 23.1 Å². The monoisotopic (exact) mass is 447 g/mol. The zero-order chi connectivity index (χ0) is 23.6. The number of benzene rings is 1. The van der Waals surface area contributed by atoms with Gasteiger partial charge in [-0.25, -0.2) is 9.67 Å². The number of anilines is 1. The summed E-state index contributed by atoms with van der Waals surface area (Å²) >= 11 is 0. The van der Waals surface area contributed by atoms with Gasteiger partial charge in [-0.1, -0.05) is 12.1 Å². The van der Waals surface area contributed by atoms with E-state index in [1.54, 1.807) is 30.8 Å². The molecule has 10 heteroatoms. The molecule has 0 unspecified atom stereocenters. The predicted molar refractivity (Wildman–Crippen MR) is 114 cm³/mol. The zero-order valence-corrected chi connectivity index (χ0v) is 18.2. The van der Waals surface area contributed by atoms with Gasteiger partial charge in [0, 0.05) is 18.0 Å². The molecule has 3 aromatic rings. The summed E-state index contributed by atoms with van der Waals surface area (Å²) < 4.78 is 41.3. The highest BCUT2D eigenvalue weighted by molar-refractivity contribution is 6.01. The Morgan fingerprint density at radius 2 is 1.91 bits per heavy atom. The van der Waals surface area contributed by atoms with Crippen molar-refractivity contribution in [2.24, 2.45) is 0 Å². The molecule has 3 rings (SSSR count). The van der Waals surface area contributed by atoms with Crippen LogP contribution in [0, 0.1) is 6.92 Å². The first-order valence-electron chi connectivity index (χ1n) is 10.1. The SMILES string of the molecule is CCN(CC(=O)Nc1ccccc1C(F)(F)F)C(=O)c1cc2cnn(C(C)C)c2nc1C. The number of hydrogen-bond donors (Lipinski definition) is 1. The van der Waals surface area contributed by atoms with Gasteiger partial charge in [-0.15, -0.1) is 0 Å². The first-order valence-corrected chi connectivity index (χ1v) is 10.1. The third-order valence-electron chi connectivity index (χ3n) is 4.99. The average Bonchev–Trinajstić information content (AvgIpc) is 3.13. The van der Waals surface area contributed by atoms with Crippen LogP contribution in [-0.4, -0.2) is 44.6 Å². The molecule has 0 saturated carbocycles. The van der Waals surface area contributed by atoms with Crippen molar-refractivity contribution >= 4 is 28.5 Å². The average molecular weight is 447 g/mol. The third kappa shape index (κ3) is 4.74. The normalized spacial score (nSPS) is 11.8. The van der Waals surface area contributed by atoms with Gasteiger partial charge in [0.25, 0.3) is 5.91 Å². The van der Waals surface area contributed by atoms with Crippen molar-refractivity contribution in [3.05, 3.63) is 53.3 Å². The lowest BCUT2D eigenvalue weighted by atomic mass is 10.1. The minimum atomic E-state index is -4.61. The van der Waals surface area contributed by atoms with E-state index >= 15 is 0 Å². The highest BCUT2D eigenvalue weighted by atomic mass is 19.4. The van der Waals surface area contributed by atoms with Gasteiger partial charge >= 0.3 is 6.18 Å². The molecule has 0 fully saturated rings. The van der Waals surface area contributed by atoms with E-state index in [4.69, 9.17) is 0 Å². The number of hydrogen-bond acceptors (Lipinski definition) is 4. The molecule has 0 aliphatic rings. The van der Waals surface area contributed by atoms with E-state index in [-0.39, 0.29) is 18.3 Å². The summed E-state index contributed by atoms with van der Waals surface area (Å²) in [6.07, 6.45) is -2.99. The molecule has 0 saturated heterocycles. The fourth-order valence-electron chi connectivity index (χ4n) is 3.36. The van der Waals surface area contributed by atoms with E-state index in [2.05, 4.69) is 15.4 Å². The second-order valence-electron chi connectivity index (χ2n) is 7.63. The molecule has 7 nitrogen and oxygen atoms in total. The zero-order valence-electron chi connectivity index (χ0n) is 18.2. The lowest BCUT2D eigenvalue weighted by molar-refractivity contribution is -0.137. The Bertz CT molecular complexity index is 1150. The summed E-state index contributed by atoms with van der Waals surface area (Å²) in [5, 5.41) is 7.25. The summed E-state index contributed by atoms with van der Waals surface area (Å²) in [4.78, 5) is 31.3. The predicted octanol–water partition coefficient (Wildman–Crippen LogP) is 4.44. The molecule has 32 heavy (non-hydrogen) atoms. The van der Waals surface area contributed by atoms with Crippen LogP contribution in [0.5, 0.6) is 0 Å². The van der Waals surface area contributed by atoms with Crippen molar-refractivity contribution in [3.8, 4) is 0 Å². The molecule has 0 radical (unpaired) electrons. The van der Waals surface area contributed by atoms with Gasteiger partial charge < -0.3 is 10.2 Å². The Labute approximate surface area is 183 Å². The van der Waals surface area contributed by atoms with Crippen LogP contribution in [0.2, 0.25) is 0 Å². The van der Waals surface area contributed by atoms with Crippen LogP contribution in [0.3, 0.4) is 0 Å². The molecule has 2 heterocycles. The van der Waals surface area contributed by atoms with Crippen molar-refractivity contribution in [2.45, 2.75) is 39.9 Å². The Kier molecular flexibility index (Phi) is 6.52. The van der Waals surface area contributed by atoms with E-state index in [9.17, 15) is 22.8 Å². The van der Waals surface area contributed by atoms with Gasteiger partial charge in [0.2, 0.25) is 5.91 Å². The smallest absolute Gasteiger partial charge is 0.330 e. The second kappa shape index (κ2) is 8.97. The lowest BCUT2D eigenvalue weighted by Crippen LogP contribution is -2.38. The molecule has 170 valence electrons. The fraction of sp³-hybridized carbons (Fsp3) is 0.364. The Balaban J connectivity index is 1.81. The highest BCUT2D eigenvalue weighted by Crippen LogP contribution is 2.34. The maximum atomic E-state index is 13.2. The summed E-state index contributed by atoms with van der Waals surface area (Å²) in [5.41, 5.74) is 0.139. The van der Waals surface area contributed by atoms with Crippen LogP contribution in [0.25, 0.3) is 11.0 Å².